The largest absolute Gasteiger partial charge is 0.360 e. The summed E-state index contributed by atoms with van der Waals surface area (Å²) < 4.78 is 10.9. The second-order valence-corrected chi connectivity index (χ2v) is 8.43. The Morgan fingerprint density at radius 1 is 1.00 bits per heavy atom. The Hall–Kier alpha value is -3.16. The van der Waals surface area contributed by atoms with Gasteiger partial charge in [0.1, 0.15) is 23.1 Å². The summed E-state index contributed by atoms with van der Waals surface area (Å²) in [5.41, 5.74) is 3.11. The molecule has 2 aromatic carbocycles. The van der Waals surface area contributed by atoms with Gasteiger partial charge in [0.15, 0.2) is 0 Å². The van der Waals surface area contributed by atoms with E-state index in [4.69, 9.17) is 32.2 Å². The van der Waals surface area contributed by atoms with Crippen molar-refractivity contribution in [2.24, 2.45) is 0 Å². The average Bonchev–Trinajstić information content (AvgIpc) is 3.36. The van der Waals surface area contributed by atoms with Gasteiger partial charge in [-0.2, -0.15) is 4.98 Å². The number of nitrogens with zero attached hydrogens (tertiary/aromatic N) is 4. The van der Waals surface area contributed by atoms with Gasteiger partial charge in [-0.3, -0.25) is 4.79 Å². The van der Waals surface area contributed by atoms with Crippen LogP contribution < -0.4 is 0 Å². The molecule has 1 fully saturated rings. The van der Waals surface area contributed by atoms with E-state index in [-0.39, 0.29) is 11.9 Å². The summed E-state index contributed by atoms with van der Waals surface area (Å²) in [6.07, 6.45) is 0.716. The first kappa shape index (κ1) is 20.7. The second kappa shape index (κ2) is 8.07. The third kappa shape index (κ3) is 3.38. The SMILES string of the molecule is Cc1onc(-c2ccccc2Cl)c1C(=O)N1CCC1c1nc(-c2cccc(Cl)c2C)no1. The number of benzene rings is 2. The molecule has 0 bridgehead atoms. The topological polar surface area (TPSA) is 85.3 Å². The number of carbonyl (C=O) groups is 1. The van der Waals surface area contributed by atoms with Crippen molar-refractivity contribution in [2.45, 2.75) is 26.3 Å². The molecular weight excluding hydrogens is 451 g/mol. The number of rotatable bonds is 4. The van der Waals surface area contributed by atoms with Crippen LogP contribution in [0.1, 0.15) is 40.0 Å². The van der Waals surface area contributed by atoms with Crippen molar-refractivity contribution in [3.05, 3.63) is 75.3 Å². The lowest BCUT2D eigenvalue weighted by molar-refractivity contribution is 0.0377. The maximum atomic E-state index is 13.4. The highest BCUT2D eigenvalue weighted by atomic mass is 35.5. The molecule has 1 saturated heterocycles. The zero-order valence-corrected chi connectivity index (χ0v) is 18.8. The van der Waals surface area contributed by atoms with E-state index < -0.39 is 0 Å². The highest BCUT2D eigenvalue weighted by Gasteiger charge is 2.40. The predicted molar refractivity (Wildman–Crippen MR) is 120 cm³/mol. The number of aryl methyl sites for hydroxylation is 1. The van der Waals surface area contributed by atoms with Crippen molar-refractivity contribution < 1.29 is 13.8 Å². The molecule has 3 heterocycles. The van der Waals surface area contributed by atoms with Crippen LogP contribution in [0.5, 0.6) is 0 Å². The van der Waals surface area contributed by atoms with E-state index in [0.717, 1.165) is 11.1 Å². The molecule has 32 heavy (non-hydrogen) atoms. The van der Waals surface area contributed by atoms with Gasteiger partial charge in [-0.05, 0) is 38.0 Å². The number of amides is 1. The summed E-state index contributed by atoms with van der Waals surface area (Å²) in [4.78, 5) is 19.7. The third-order valence-electron chi connectivity index (χ3n) is 5.72. The van der Waals surface area contributed by atoms with Gasteiger partial charge in [0.2, 0.25) is 11.7 Å². The lowest BCUT2D eigenvalue weighted by atomic mass is 9.98. The minimum atomic E-state index is -0.323. The molecule has 0 spiro atoms. The van der Waals surface area contributed by atoms with Crippen LogP contribution >= 0.6 is 23.2 Å². The average molecular weight is 469 g/mol. The van der Waals surface area contributed by atoms with E-state index in [0.29, 0.717) is 57.3 Å². The van der Waals surface area contributed by atoms with E-state index in [2.05, 4.69) is 15.3 Å². The highest BCUT2D eigenvalue weighted by molar-refractivity contribution is 6.33. The molecule has 9 heteroatoms. The van der Waals surface area contributed by atoms with E-state index in [1.54, 1.807) is 17.9 Å². The molecule has 5 rings (SSSR count). The van der Waals surface area contributed by atoms with Crippen LogP contribution in [0, 0.1) is 13.8 Å². The maximum absolute atomic E-state index is 13.4. The van der Waals surface area contributed by atoms with Crippen LogP contribution in [0.3, 0.4) is 0 Å². The van der Waals surface area contributed by atoms with Crippen LogP contribution in [-0.2, 0) is 0 Å². The van der Waals surface area contributed by atoms with Crippen molar-refractivity contribution in [2.75, 3.05) is 6.54 Å². The number of likely N-dealkylation sites (tertiary alicyclic amines) is 1. The molecule has 0 N–H and O–H groups in total. The fourth-order valence-corrected chi connectivity index (χ4v) is 4.22. The van der Waals surface area contributed by atoms with Crippen LogP contribution in [0.15, 0.2) is 51.5 Å². The summed E-state index contributed by atoms with van der Waals surface area (Å²) >= 11 is 12.6. The molecule has 0 aliphatic carbocycles. The Labute approximate surface area is 193 Å². The van der Waals surface area contributed by atoms with Gasteiger partial charge < -0.3 is 13.9 Å². The Bertz CT molecular complexity index is 1330. The minimum Gasteiger partial charge on any atom is -0.360 e. The first-order chi connectivity index (χ1) is 15.5. The zero-order valence-electron chi connectivity index (χ0n) is 17.3. The van der Waals surface area contributed by atoms with Gasteiger partial charge in [0.05, 0.1) is 5.02 Å². The molecule has 4 aromatic rings. The normalized spacial score (nSPS) is 15.6. The Balaban J connectivity index is 1.45. The van der Waals surface area contributed by atoms with Crippen molar-refractivity contribution in [3.63, 3.8) is 0 Å². The standard InChI is InChI=1S/C23H18Cl2N4O3/c1-12-14(7-5-9-16(12)24)21-26-22(32-28-21)18-10-11-29(18)23(30)19-13(2)31-27-20(19)15-6-3-4-8-17(15)25/h3-9,18H,10-11H2,1-2H3. The molecule has 7 nitrogen and oxygen atoms in total. The molecule has 0 radical (unpaired) electrons. The Morgan fingerprint density at radius 2 is 1.75 bits per heavy atom. The smallest absolute Gasteiger partial charge is 0.260 e. The van der Waals surface area contributed by atoms with Crippen molar-refractivity contribution in [1.82, 2.24) is 20.2 Å². The van der Waals surface area contributed by atoms with Gasteiger partial charge in [-0.1, -0.05) is 63.8 Å². The molecule has 162 valence electrons. The molecule has 1 aliphatic rings. The van der Waals surface area contributed by atoms with Crippen molar-refractivity contribution >= 4 is 29.1 Å². The van der Waals surface area contributed by atoms with E-state index >= 15 is 0 Å². The summed E-state index contributed by atoms with van der Waals surface area (Å²) in [7, 11) is 0. The van der Waals surface area contributed by atoms with E-state index in [1.165, 1.54) is 0 Å². The Morgan fingerprint density at radius 3 is 2.50 bits per heavy atom. The molecule has 1 amide bonds. The number of halogens is 2. The summed E-state index contributed by atoms with van der Waals surface area (Å²) in [5.74, 6) is 1.04. The quantitative estimate of drug-likeness (QED) is 0.370. The summed E-state index contributed by atoms with van der Waals surface area (Å²) in [5, 5.41) is 9.33. The fourth-order valence-electron chi connectivity index (χ4n) is 3.82. The Kier molecular flexibility index (Phi) is 5.23. The number of aromatic nitrogens is 3. The van der Waals surface area contributed by atoms with Gasteiger partial charge in [-0.25, -0.2) is 0 Å². The van der Waals surface area contributed by atoms with E-state index in [1.807, 2.05) is 43.3 Å². The number of carbonyl (C=O) groups excluding carboxylic acids is 1. The van der Waals surface area contributed by atoms with Crippen molar-refractivity contribution in [3.8, 4) is 22.6 Å². The first-order valence-electron chi connectivity index (χ1n) is 10.1. The fraction of sp³-hybridized carbons (Fsp3) is 0.217. The van der Waals surface area contributed by atoms with Gasteiger partial charge in [0.25, 0.3) is 5.91 Å². The van der Waals surface area contributed by atoms with Crippen LogP contribution in [-0.4, -0.2) is 32.6 Å². The lowest BCUT2D eigenvalue weighted by Gasteiger charge is -2.38. The zero-order chi connectivity index (χ0) is 22.4. The predicted octanol–water partition coefficient (Wildman–Crippen LogP) is 5.90. The summed E-state index contributed by atoms with van der Waals surface area (Å²) in [6.45, 7) is 4.17. The third-order valence-corrected chi connectivity index (χ3v) is 6.46. The van der Waals surface area contributed by atoms with E-state index in [9.17, 15) is 4.79 Å². The monoisotopic (exact) mass is 468 g/mol. The van der Waals surface area contributed by atoms with Gasteiger partial charge >= 0.3 is 0 Å². The second-order valence-electron chi connectivity index (χ2n) is 7.61. The molecule has 2 aromatic heterocycles. The maximum Gasteiger partial charge on any atom is 0.260 e. The molecule has 1 aliphatic heterocycles. The molecule has 0 saturated carbocycles. The van der Waals surface area contributed by atoms with Gasteiger partial charge in [0, 0.05) is 22.7 Å². The highest BCUT2D eigenvalue weighted by Crippen LogP contribution is 2.38. The van der Waals surface area contributed by atoms with Crippen LogP contribution in [0.25, 0.3) is 22.6 Å². The van der Waals surface area contributed by atoms with Crippen molar-refractivity contribution in [1.29, 1.82) is 0 Å². The lowest BCUT2D eigenvalue weighted by Crippen LogP contribution is -2.45. The van der Waals surface area contributed by atoms with Crippen LogP contribution in [0.4, 0.5) is 0 Å². The molecular formula is C23H18Cl2N4O3. The number of hydrogen-bond donors (Lipinski definition) is 0. The molecule has 1 atom stereocenters. The van der Waals surface area contributed by atoms with Crippen LogP contribution in [0.2, 0.25) is 10.0 Å². The minimum absolute atomic E-state index is 0.214. The number of hydrogen-bond acceptors (Lipinski definition) is 6. The molecule has 1 unspecified atom stereocenters. The summed E-state index contributed by atoms with van der Waals surface area (Å²) in [6, 6.07) is 12.4. The first-order valence-corrected chi connectivity index (χ1v) is 10.8. The van der Waals surface area contributed by atoms with Gasteiger partial charge in [-0.15, -0.1) is 0 Å².